The SMILES string of the molecule is COc1cc(NC(=O)CN(C)C(C)c2ccc(Cl)cc2)cc(OC)c1OC. The van der Waals surface area contributed by atoms with Crippen molar-refractivity contribution in [2.75, 3.05) is 40.2 Å². The average molecular weight is 393 g/mol. The number of rotatable bonds is 8. The summed E-state index contributed by atoms with van der Waals surface area (Å²) in [7, 11) is 6.49. The number of amides is 1. The van der Waals surface area contributed by atoms with Crippen LogP contribution in [0, 0.1) is 0 Å². The van der Waals surface area contributed by atoms with Gasteiger partial charge < -0.3 is 19.5 Å². The lowest BCUT2D eigenvalue weighted by molar-refractivity contribution is -0.117. The van der Waals surface area contributed by atoms with Gasteiger partial charge in [0.25, 0.3) is 0 Å². The van der Waals surface area contributed by atoms with E-state index in [4.69, 9.17) is 25.8 Å². The molecular weight excluding hydrogens is 368 g/mol. The van der Waals surface area contributed by atoms with E-state index < -0.39 is 0 Å². The van der Waals surface area contributed by atoms with E-state index in [2.05, 4.69) is 5.32 Å². The summed E-state index contributed by atoms with van der Waals surface area (Å²) in [6.45, 7) is 2.26. The highest BCUT2D eigenvalue weighted by Crippen LogP contribution is 2.39. The third-order valence-corrected chi connectivity index (χ3v) is 4.61. The number of nitrogens with one attached hydrogen (secondary N) is 1. The Hall–Kier alpha value is -2.44. The first-order valence-electron chi connectivity index (χ1n) is 8.45. The van der Waals surface area contributed by atoms with E-state index in [1.165, 1.54) is 21.3 Å². The van der Waals surface area contributed by atoms with Crippen molar-refractivity contribution in [3.63, 3.8) is 0 Å². The van der Waals surface area contributed by atoms with Crippen LogP contribution in [0.25, 0.3) is 0 Å². The van der Waals surface area contributed by atoms with Crippen molar-refractivity contribution in [3.05, 3.63) is 47.0 Å². The van der Waals surface area contributed by atoms with E-state index in [9.17, 15) is 4.79 Å². The zero-order valence-electron chi connectivity index (χ0n) is 16.2. The van der Waals surface area contributed by atoms with E-state index in [0.717, 1.165) is 5.56 Å². The van der Waals surface area contributed by atoms with Crippen molar-refractivity contribution < 1.29 is 19.0 Å². The molecule has 6 nitrogen and oxygen atoms in total. The van der Waals surface area contributed by atoms with Crippen molar-refractivity contribution >= 4 is 23.2 Å². The van der Waals surface area contributed by atoms with E-state index in [1.54, 1.807) is 12.1 Å². The van der Waals surface area contributed by atoms with Crippen LogP contribution in [0.4, 0.5) is 5.69 Å². The van der Waals surface area contributed by atoms with Gasteiger partial charge in [0, 0.05) is 28.9 Å². The third-order valence-electron chi connectivity index (χ3n) is 4.36. The lowest BCUT2D eigenvalue weighted by Crippen LogP contribution is -2.32. The monoisotopic (exact) mass is 392 g/mol. The van der Waals surface area contributed by atoms with Crippen molar-refractivity contribution in [2.45, 2.75) is 13.0 Å². The molecule has 146 valence electrons. The smallest absolute Gasteiger partial charge is 0.238 e. The summed E-state index contributed by atoms with van der Waals surface area (Å²) in [6, 6.07) is 11.1. The minimum atomic E-state index is -0.146. The molecule has 2 aromatic carbocycles. The summed E-state index contributed by atoms with van der Waals surface area (Å²) in [5.74, 6) is 1.30. The Morgan fingerprint density at radius 1 is 1.07 bits per heavy atom. The molecule has 1 unspecified atom stereocenters. The summed E-state index contributed by atoms with van der Waals surface area (Å²) >= 11 is 5.93. The molecule has 0 bridgehead atoms. The second-order valence-corrected chi connectivity index (χ2v) is 6.54. The Balaban J connectivity index is 2.07. The standard InChI is InChI=1S/C20H25ClN2O4/c1-13(14-6-8-15(21)9-7-14)23(2)12-19(24)22-16-10-17(25-3)20(27-5)18(11-16)26-4/h6-11,13H,12H2,1-5H3,(H,22,24). The zero-order chi connectivity index (χ0) is 20.0. The summed E-state index contributed by atoms with van der Waals surface area (Å²) < 4.78 is 15.9. The first kappa shape index (κ1) is 20.9. The molecule has 0 saturated carbocycles. The van der Waals surface area contributed by atoms with Crippen LogP contribution >= 0.6 is 11.6 Å². The van der Waals surface area contributed by atoms with Gasteiger partial charge >= 0.3 is 0 Å². The van der Waals surface area contributed by atoms with Crippen LogP contribution in [-0.4, -0.2) is 45.7 Å². The molecule has 0 saturated heterocycles. The number of hydrogen-bond acceptors (Lipinski definition) is 5. The quantitative estimate of drug-likeness (QED) is 0.735. The molecule has 0 radical (unpaired) electrons. The maximum Gasteiger partial charge on any atom is 0.238 e. The van der Waals surface area contributed by atoms with Crippen LogP contribution in [0.1, 0.15) is 18.5 Å². The van der Waals surface area contributed by atoms with Crippen LogP contribution in [-0.2, 0) is 4.79 Å². The molecule has 2 rings (SSSR count). The fraction of sp³-hybridized carbons (Fsp3) is 0.350. The first-order valence-corrected chi connectivity index (χ1v) is 8.83. The van der Waals surface area contributed by atoms with Crippen LogP contribution in [0.2, 0.25) is 5.02 Å². The molecule has 1 amide bonds. The highest BCUT2D eigenvalue weighted by atomic mass is 35.5. The number of likely N-dealkylation sites (N-methyl/N-ethyl adjacent to an activating group) is 1. The predicted octanol–water partition coefficient (Wildman–Crippen LogP) is 4.00. The Morgan fingerprint density at radius 3 is 2.11 bits per heavy atom. The molecule has 0 aliphatic carbocycles. The fourth-order valence-electron chi connectivity index (χ4n) is 2.71. The highest BCUT2D eigenvalue weighted by Gasteiger charge is 2.17. The molecule has 0 aliphatic rings. The normalized spacial score (nSPS) is 11.8. The Kier molecular flexibility index (Phi) is 7.33. The molecule has 1 atom stereocenters. The second-order valence-electron chi connectivity index (χ2n) is 6.10. The number of methoxy groups -OCH3 is 3. The van der Waals surface area contributed by atoms with Gasteiger partial charge in [-0.25, -0.2) is 0 Å². The molecule has 7 heteroatoms. The fourth-order valence-corrected chi connectivity index (χ4v) is 2.84. The Labute approximate surface area is 165 Å². The summed E-state index contributed by atoms with van der Waals surface area (Å²) in [4.78, 5) is 14.4. The number of ether oxygens (including phenoxy) is 3. The topological polar surface area (TPSA) is 60.0 Å². The van der Waals surface area contributed by atoms with Crippen LogP contribution in [0.3, 0.4) is 0 Å². The second kappa shape index (κ2) is 9.48. The van der Waals surface area contributed by atoms with Crippen LogP contribution in [0.15, 0.2) is 36.4 Å². The minimum Gasteiger partial charge on any atom is -0.493 e. The van der Waals surface area contributed by atoms with Crippen molar-refractivity contribution in [1.82, 2.24) is 4.90 Å². The molecule has 2 aromatic rings. The highest BCUT2D eigenvalue weighted by molar-refractivity contribution is 6.30. The molecular formula is C20H25ClN2O4. The number of anilines is 1. The average Bonchev–Trinajstić information content (AvgIpc) is 2.66. The van der Waals surface area contributed by atoms with Crippen molar-refractivity contribution in [2.24, 2.45) is 0 Å². The maximum absolute atomic E-state index is 12.5. The van der Waals surface area contributed by atoms with Crippen molar-refractivity contribution in [1.29, 1.82) is 0 Å². The lowest BCUT2D eigenvalue weighted by Gasteiger charge is -2.24. The Bertz CT molecular complexity index is 755. The summed E-state index contributed by atoms with van der Waals surface area (Å²) in [6.07, 6.45) is 0. The number of carbonyl (C=O) groups excluding carboxylic acids is 1. The van der Waals surface area contributed by atoms with E-state index in [0.29, 0.717) is 28.0 Å². The number of hydrogen-bond donors (Lipinski definition) is 1. The zero-order valence-corrected chi connectivity index (χ0v) is 17.0. The number of carbonyl (C=O) groups is 1. The molecule has 0 fully saturated rings. The van der Waals surface area contributed by atoms with E-state index in [1.807, 2.05) is 43.1 Å². The predicted molar refractivity (Wildman–Crippen MR) is 107 cm³/mol. The van der Waals surface area contributed by atoms with E-state index in [-0.39, 0.29) is 18.5 Å². The number of benzene rings is 2. The van der Waals surface area contributed by atoms with Gasteiger partial charge in [0.1, 0.15) is 0 Å². The summed E-state index contributed by atoms with van der Waals surface area (Å²) in [5.41, 5.74) is 1.66. The molecule has 27 heavy (non-hydrogen) atoms. The van der Waals surface area contributed by atoms with Gasteiger partial charge in [-0.05, 0) is 31.7 Å². The van der Waals surface area contributed by atoms with Crippen LogP contribution < -0.4 is 19.5 Å². The van der Waals surface area contributed by atoms with Gasteiger partial charge in [-0.15, -0.1) is 0 Å². The van der Waals surface area contributed by atoms with Gasteiger partial charge in [0.2, 0.25) is 11.7 Å². The van der Waals surface area contributed by atoms with Crippen LogP contribution in [0.5, 0.6) is 17.2 Å². The number of halogens is 1. The van der Waals surface area contributed by atoms with Gasteiger partial charge in [0.15, 0.2) is 11.5 Å². The van der Waals surface area contributed by atoms with Gasteiger partial charge in [0.05, 0.1) is 27.9 Å². The van der Waals surface area contributed by atoms with Crippen molar-refractivity contribution in [3.8, 4) is 17.2 Å². The molecule has 0 aromatic heterocycles. The van der Waals surface area contributed by atoms with Gasteiger partial charge in [-0.3, -0.25) is 9.69 Å². The third kappa shape index (κ3) is 5.28. The Morgan fingerprint density at radius 2 is 1.63 bits per heavy atom. The van der Waals surface area contributed by atoms with Gasteiger partial charge in [-0.2, -0.15) is 0 Å². The molecule has 1 N–H and O–H groups in total. The number of nitrogens with zero attached hydrogens (tertiary/aromatic N) is 1. The minimum absolute atomic E-state index is 0.0629. The lowest BCUT2D eigenvalue weighted by atomic mass is 10.1. The summed E-state index contributed by atoms with van der Waals surface area (Å²) in [5, 5.41) is 3.56. The van der Waals surface area contributed by atoms with E-state index >= 15 is 0 Å². The molecule has 0 spiro atoms. The molecule has 0 heterocycles. The largest absolute Gasteiger partial charge is 0.493 e. The molecule has 0 aliphatic heterocycles. The first-order chi connectivity index (χ1) is 12.9. The van der Waals surface area contributed by atoms with Gasteiger partial charge in [-0.1, -0.05) is 23.7 Å². The maximum atomic E-state index is 12.5.